The molecule has 4 rings (SSSR count). The predicted molar refractivity (Wildman–Crippen MR) is 132 cm³/mol. The molecular formula is C24H29N3O5S2. The lowest BCUT2D eigenvalue weighted by Crippen LogP contribution is -2.32. The second-order valence-corrected chi connectivity index (χ2v) is 11.0. The molecular weight excluding hydrogens is 474 g/mol. The van der Waals surface area contributed by atoms with Crippen molar-refractivity contribution in [1.29, 1.82) is 0 Å². The van der Waals surface area contributed by atoms with Crippen molar-refractivity contribution >= 4 is 37.5 Å². The normalized spacial score (nSPS) is 13.8. The number of sulfonamides is 1. The molecule has 0 saturated carbocycles. The summed E-state index contributed by atoms with van der Waals surface area (Å²) in [6.45, 7) is 7.81. The third kappa shape index (κ3) is 4.75. The average molecular weight is 504 g/mol. The number of hydrogen-bond acceptors (Lipinski definition) is 6. The van der Waals surface area contributed by atoms with Crippen LogP contribution in [0.15, 0.2) is 46.3 Å². The van der Waals surface area contributed by atoms with E-state index in [1.807, 2.05) is 30.5 Å². The van der Waals surface area contributed by atoms with Crippen molar-refractivity contribution in [2.75, 3.05) is 19.9 Å². The van der Waals surface area contributed by atoms with Gasteiger partial charge in [-0.15, -0.1) is 0 Å². The minimum atomic E-state index is -3.60. The Labute approximate surface area is 203 Å². The van der Waals surface area contributed by atoms with Gasteiger partial charge in [0.2, 0.25) is 16.8 Å². The van der Waals surface area contributed by atoms with Crippen LogP contribution in [0, 0.1) is 0 Å². The number of benzene rings is 2. The molecule has 2 heterocycles. The highest BCUT2D eigenvalue weighted by atomic mass is 32.2. The van der Waals surface area contributed by atoms with Crippen LogP contribution in [0.1, 0.15) is 50.4 Å². The van der Waals surface area contributed by atoms with Crippen molar-refractivity contribution in [2.24, 2.45) is 4.99 Å². The van der Waals surface area contributed by atoms with Crippen LogP contribution in [0.2, 0.25) is 0 Å². The summed E-state index contributed by atoms with van der Waals surface area (Å²) in [5.74, 6) is 0.955. The SMILES string of the molecule is CCCN(CCC)S(=O)(=O)c1ccc(C(=O)N=c2sc3cc4c(cc3n2CCC)OCO4)cc1. The fraction of sp³-hybridized carbons (Fsp3) is 0.417. The number of fused-ring (bicyclic) bond motifs is 2. The summed E-state index contributed by atoms with van der Waals surface area (Å²) in [5.41, 5.74) is 1.28. The molecule has 8 nitrogen and oxygen atoms in total. The van der Waals surface area contributed by atoms with E-state index in [-0.39, 0.29) is 11.7 Å². The van der Waals surface area contributed by atoms with E-state index < -0.39 is 15.9 Å². The summed E-state index contributed by atoms with van der Waals surface area (Å²) in [5, 5.41) is 0. The van der Waals surface area contributed by atoms with E-state index >= 15 is 0 Å². The first-order valence-corrected chi connectivity index (χ1v) is 13.8. The summed E-state index contributed by atoms with van der Waals surface area (Å²) >= 11 is 1.41. The number of hydrogen-bond donors (Lipinski definition) is 0. The molecule has 1 aliphatic rings. The monoisotopic (exact) mass is 503 g/mol. The first kappa shape index (κ1) is 24.4. The lowest BCUT2D eigenvalue weighted by molar-refractivity contribution is 0.0997. The number of carbonyl (C=O) groups excluding carboxylic acids is 1. The second kappa shape index (κ2) is 10.3. The molecule has 2 aromatic carbocycles. The minimum Gasteiger partial charge on any atom is -0.454 e. The fourth-order valence-corrected chi connectivity index (χ4v) is 6.59. The predicted octanol–water partition coefficient (Wildman–Crippen LogP) is 4.39. The number of amides is 1. The number of thiazole rings is 1. The molecule has 0 bridgehead atoms. The highest BCUT2D eigenvalue weighted by Crippen LogP contribution is 2.37. The van der Waals surface area contributed by atoms with E-state index in [1.165, 1.54) is 39.9 Å². The van der Waals surface area contributed by atoms with Crippen LogP contribution in [0.25, 0.3) is 10.2 Å². The van der Waals surface area contributed by atoms with Gasteiger partial charge in [-0.2, -0.15) is 9.30 Å². The maximum absolute atomic E-state index is 13.0. The Hall–Kier alpha value is -2.69. The van der Waals surface area contributed by atoms with E-state index in [9.17, 15) is 13.2 Å². The smallest absolute Gasteiger partial charge is 0.279 e. The first-order valence-electron chi connectivity index (χ1n) is 11.5. The summed E-state index contributed by atoms with van der Waals surface area (Å²) in [6, 6.07) is 9.87. The number of ether oxygens (including phenoxy) is 2. The zero-order chi connectivity index (χ0) is 24.3. The maximum atomic E-state index is 13.0. The van der Waals surface area contributed by atoms with Crippen molar-refractivity contribution in [3.05, 3.63) is 46.8 Å². The molecule has 34 heavy (non-hydrogen) atoms. The Morgan fingerprint density at radius 1 is 1.03 bits per heavy atom. The molecule has 0 spiro atoms. The topological polar surface area (TPSA) is 90.2 Å². The van der Waals surface area contributed by atoms with Crippen LogP contribution in [0.4, 0.5) is 0 Å². The van der Waals surface area contributed by atoms with E-state index in [1.54, 1.807) is 0 Å². The number of nitrogens with zero attached hydrogens (tertiary/aromatic N) is 3. The molecule has 10 heteroatoms. The van der Waals surface area contributed by atoms with Crippen molar-refractivity contribution in [2.45, 2.75) is 51.5 Å². The van der Waals surface area contributed by atoms with Crippen LogP contribution in [-0.4, -0.2) is 43.1 Å². The van der Waals surface area contributed by atoms with Gasteiger partial charge in [-0.05, 0) is 43.5 Å². The molecule has 0 N–H and O–H groups in total. The molecule has 0 aliphatic carbocycles. The Balaban J connectivity index is 1.66. The fourth-order valence-electron chi connectivity index (χ4n) is 3.91. The van der Waals surface area contributed by atoms with Gasteiger partial charge < -0.3 is 14.0 Å². The summed E-state index contributed by atoms with van der Waals surface area (Å²) < 4.78 is 41.4. The van der Waals surface area contributed by atoms with Crippen molar-refractivity contribution in [1.82, 2.24) is 8.87 Å². The summed E-state index contributed by atoms with van der Waals surface area (Å²) in [7, 11) is -3.60. The lowest BCUT2D eigenvalue weighted by Gasteiger charge is -2.21. The van der Waals surface area contributed by atoms with Crippen molar-refractivity contribution in [3.8, 4) is 11.5 Å². The third-order valence-electron chi connectivity index (χ3n) is 5.51. The Morgan fingerprint density at radius 2 is 1.68 bits per heavy atom. The lowest BCUT2D eigenvalue weighted by atomic mass is 10.2. The van der Waals surface area contributed by atoms with E-state index in [2.05, 4.69) is 11.9 Å². The molecule has 1 aliphatic heterocycles. The quantitative estimate of drug-likeness (QED) is 0.432. The highest BCUT2D eigenvalue weighted by molar-refractivity contribution is 7.89. The van der Waals surface area contributed by atoms with Gasteiger partial charge in [-0.1, -0.05) is 32.1 Å². The Kier molecular flexibility index (Phi) is 7.39. The van der Waals surface area contributed by atoms with Crippen LogP contribution in [0.3, 0.4) is 0 Å². The molecule has 0 atom stereocenters. The Morgan fingerprint density at radius 3 is 2.29 bits per heavy atom. The summed E-state index contributed by atoms with van der Waals surface area (Å²) in [4.78, 5) is 18.1. The molecule has 3 aromatic rings. The maximum Gasteiger partial charge on any atom is 0.279 e. The van der Waals surface area contributed by atoms with Crippen LogP contribution in [-0.2, 0) is 16.6 Å². The van der Waals surface area contributed by atoms with Gasteiger partial charge in [0.25, 0.3) is 5.91 Å². The number of aryl methyl sites for hydroxylation is 1. The average Bonchev–Trinajstić information content (AvgIpc) is 3.41. The van der Waals surface area contributed by atoms with E-state index in [0.29, 0.717) is 41.5 Å². The zero-order valence-electron chi connectivity index (χ0n) is 19.6. The molecule has 0 radical (unpaired) electrons. The van der Waals surface area contributed by atoms with E-state index in [4.69, 9.17) is 9.47 Å². The number of carbonyl (C=O) groups is 1. The summed E-state index contributed by atoms with van der Waals surface area (Å²) in [6.07, 6.45) is 2.35. The molecule has 0 fully saturated rings. The molecule has 182 valence electrons. The Bertz CT molecular complexity index is 1350. The van der Waals surface area contributed by atoms with Gasteiger partial charge >= 0.3 is 0 Å². The van der Waals surface area contributed by atoms with Gasteiger partial charge in [0.15, 0.2) is 16.3 Å². The largest absolute Gasteiger partial charge is 0.454 e. The highest BCUT2D eigenvalue weighted by Gasteiger charge is 2.23. The van der Waals surface area contributed by atoms with Crippen LogP contribution in [0.5, 0.6) is 11.5 Å². The van der Waals surface area contributed by atoms with Crippen molar-refractivity contribution < 1.29 is 22.7 Å². The van der Waals surface area contributed by atoms with Gasteiger partial charge in [-0.25, -0.2) is 8.42 Å². The van der Waals surface area contributed by atoms with Gasteiger partial charge in [-0.3, -0.25) is 4.79 Å². The van der Waals surface area contributed by atoms with Crippen LogP contribution >= 0.6 is 11.3 Å². The van der Waals surface area contributed by atoms with Gasteiger partial charge in [0, 0.05) is 37.3 Å². The minimum absolute atomic E-state index is 0.184. The van der Waals surface area contributed by atoms with Gasteiger partial charge in [0.1, 0.15) is 0 Å². The molecule has 0 unspecified atom stereocenters. The second-order valence-electron chi connectivity index (χ2n) is 8.05. The first-order chi connectivity index (χ1) is 16.4. The van der Waals surface area contributed by atoms with Crippen molar-refractivity contribution in [3.63, 3.8) is 0 Å². The zero-order valence-corrected chi connectivity index (χ0v) is 21.2. The van der Waals surface area contributed by atoms with Gasteiger partial charge in [0.05, 0.1) is 15.1 Å². The third-order valence-corrected chi connectivity index (χ3v) is 8.46. The molecule has 0 saturated heterocycles. The molecule has 1 aromatic heterocycles. The number of aromatic nitrogens is 1. The van der Waals surface area contributed by atoms with E-state index in [0.717, 1.165) is 29.5 Å². The van der Waals surface area contributed by atoms with Crippen LogP contribution < -0.4 is 14.3 Å². The number of rotatable bonds is 9. The standard InChI is InChI=1S/C24H29N3O5S2/c1-4-11-26(12-5-2)34(29,30)18-9-7-17(8-10-18)23(28)25-24-27(13-6-3)19-14-20-21(32-16-31-20)15-22(19)33-24/h7-10,14-15H,4-6,11-13,16H2,1-3H3. The molecule has 1 amide bonds.